The Balaban J connectivity index is 1.51. The number of alkyl halides is 3. The number of nitrogens with zero attached hydrogens (tertiary/aromatic N) is 2. The van der Waals surface area contributed by atoms with E-state index in [-0.39, 0.29) is 17.9 Å². The van der Waals surface area contributed by atoms with Crippen LogP contribution in [-0.4, -0.2) is 16.1 Å². The SMILES string of the molecule is CCc1cccc(Nc2nc(Nc3ccc(OC4CCCCC4)cc3)ncc2C(F)(F)F)c1. The number of nitrogens with one attached hydrogen (secondary N) is 2. The van der Waals surface area contributed by atoms with E-state index in [0.717, 1.165) is 36.8 Å². The van der Waals surface area contributed by atoms with Gasteiger partial charge in [0.2, 0.25) is 5.95 Å². The predicted molar refractivity (Wildman–Crippen MR) is 123 cm³/mol. The first-order valence-corrected chi connectivity index (χ1v) is 11.2. The van der Waals surface area contributed by atoms with Crippen molar-refractivity contribution in [3.05, 3.63) is 65.9 Å². The third kappa shape index (κ3) is 6.15. The van der Waals surface area contributed by atoms with Crippen LogP contribution in [0.25, 0.3) is 0 Å². The Morgan fingerprint density at radius 3 is 2.42 bits per heavy atom. The maximum absolute atomic E-state index is 13.5. The normalized spacial score (nSPS) is 14.7. The quantitative estimate of drug-likeness (QED) is 0.392. The zero-order valence-electron chi connectivity index (χ0n) is 18.5. The van der Waals surface area contributed by atoms with Crippen molar-refractivity contribution < 1.29 is 17.9 Å². The van der Waals surface area contributed by atoms with Gasteiger partial charge in [0.15, 0.2) is 0 Å². The van der Waals surface area contributed by atoms with Gasteiger partial charge in [-0.1, -0.05) is 25.5 Å². The van der Waals surface area contributed by atoms with Gasteiger partial charge in [0.05, 0.1) is 6.10 Å². The molecule has 1 saturated carbocycles. The Labute approximate surface area is 191 Å². The molecule has 0 amide bonds. The molecule has 174 valence electrons. The molecule has 2 aromatic carbocycles. The Morgan fingerprint density at radius 2 is 1.73 bits per heavy atom. The van der Waals surface area contributed by atoms with Gasteiger partial charge >= 0.3 is 6.18 Å². The smallest absolute Gasteiger partial charge is 0.421 e. The summed E-state index contributed by atoms with van der Waals surface area (Å²) in [6.45, 7) is 1.98. The monoisotopic (exact) mass is 456 g/mol. The summed E-state index contributed by atoms with van der Waals surface area (Å²) in [6, 6.07) is 14.5. The van der Waals surface area contributed by atoms with Gasteiger partial charge in [-0.25, -0.2) is 4.98 Å². The van der Waals surface area contributed by atoms with Crippen LogP contribution < -0.4 is 15.4 Å². The molecule has 0 atom stereocenters. The number of aromatic nitrogens is 2. The van der Waals surface area contributed by atoms with Crippen molar-refractivity contribution >= 4 is 23.1 Å². The van der Waals surface area contributed by atoms with Crippen LogP contribution in [0.5, 0.6) is 5.75 Å². The molecule has 2 N–H and O–H groups in total. The third-order valence-corrected chi connectivity index (χ3v) is 5.66. The van der Waals surface area contributed by atoms with Crippen molar-refractivity contribution in [2.45, 2.75) is 57.7 Å². The Hall–Kier alpha value is -3.29. The summed E-state index contributed by atoms with van der Waals surface area (Å²) >= 11 is 0. The molecule has 0 spiro atoms. The third-order valence-electron chi connectivity index (χ3n) is 5.66. The van der Waals surface area contributed by atoms with Crippen molar-refractivity contribution in [1.82, 2.24) is 9.97 Å². The molecule has 8 heteroatoms. The maximum atomic E-state index is 13.5. The second kappa shape index (κ2) is 10.1. The summed E-state index contributed by atoms with van der Waals surface area (Å²) in [5.74, 6) is 0.544. The molecule has 0 aliphatic heterocycles. The van der Waals surface area contributed by atoms with Crippen LogP contribution in [0.1, 0.15) is 50.2 Å². The fourth-order valence-electron chi connectivity index (χ4n) is 3.87. The van der Waals surface area contributed by atoms with Crippen LogP contribution >= 0.6 is 0 Å². The lowest BCUT2D eigenvalue weighted by molar-refractivity contribution is -0.137. The van der Waals surface area contributed by atoms with E-state index in [4.69, 9.17) is 4.74 Å². The van der Waals surface area contributed by atoms with E-state index in [1.54, 1.807) is 30.3 Å². The van der Waals surface area contributed by atoms with Gasteiger partial charge < -0.3 is 15.4 Å². The first-order chi connectivity index (χ1) is 15.9. The maximum Gasteiger partial charge on any atom is 0.421 e. The van der Waals surface area contributed by atoms with Crippen LogP contribution in [0.3, 0.4) is 0 Å². The van der Waals surface area contributed by atoms with E-state index in [2.05, 4.69) is 20.6 Å². The van der Waals surface area contributed by atoms with Gasteiger partial charge in [-0.05, 0) is 74.1 Å². The van der Waals surface area contributed by atoms with Gasteiger partial charge in [0.1, 0.15) is 17.1 Å². The van der Waals surface area contributed by atoms with Crippen molar-refractivity contribution in [3.8, 4) is 5.75 Å². The largest absolute Gasteiger partial charge is 0.490 e. The van der Waals surface area contributed by atoms with Crippen LogP contribution in [0.15, 0.2) is 54.7 Å². The number of hydrogen-bond acceptors (Lipinski definition) is 5. The van der Waals surface area contributed by atoms with E-state index in [1.807, 2.05) is 25.1 Å². The summed E-state index contributed by atoms with van der Waals surface area (Å²) in [5, 5.41) is 5.78. The number of rotatable bonds is 7. The van der Waals surface area contributed by atoms with Gasteiger partial charge in [0, 0.05) is 17.6 Å². The molecule has 0 unspecified atom stereocenters. The molecule has 33 heavy (non-hydrogen) atoms. The lowest BCUT2D eigenvalue weighted by Crippen LogP contribution is -2.19. The Kier molecular flexibility index (Phi) is 7.01. The number of benzene rings is 2. The number of anilines is 4. The highest BCUT2D eigenvalue weighted by Gasteiger charge is 2.35. The fourth-order valence-corrected chi connectivity index (χ4v) is 3.87. The average molecular weight is 457 g/mol. The van der Waals surface area contributed by atoms with Crippen LogP contribution in [0.4, 0.5) is 36.3 Å². The molecule has 0 saturated heterocycles. The average Bonchev–Trinajstić information content (AvgIpc) is 2.80. The van der Waals surface area contributed by atoms with E-state index in [0.29, 0.717) is 11.4 Å². The van der Waals surface area contributed by atoms with E-state index in [1.165, 1.54) is 19.3 Å². The zero-order chi connectivity index (χ0) is 23.3. The lowest BCUT2D eigenvalue weighted by atomic mass is 9.98. The van der Waals surface area contributed by atoms with Crippen LogP contribution in [0.2, 0.25) is 0 Å². The molecule has 1 aromatic heterocycles. The Morgan fingerprint density at radius 1 is 0.970 bits per heavy atom. The minimum atomic E-state index is -4.58. The second-order valence-corrected chi connectivity index (χ2v) is 8.16. The molecular formula is C25H27F3N4O. The number of ether oxygens (including phenoxy) is 1. The molecular weight excluding hydrogens is 429 g/mol. The molecule has 1 heterocycles. The van der Waals surface area contributed by atoms with Crippen molar-refractivity contribution in [2.24, 2.45) is 0 Å². The van der Waals surface area contributed by atoms with Gasteiger partial charge in [-0.15, -0.1) is 0 Å². The first kappa shape index (κ1) is 22.9. The molecule has 1 aliphatic rings. The van der Waals surface area contributed by atoms with Gasteiger partial charge in [0.25, 0.3) is 0 Å². The molecule has 5 nitrogen and oxygen atoms in total. The molecule has 0 bridgehead atoms. The van der Waals surface area contributed by atoms with Crippen molar-refractivity contribution in [3.63, 3.8) is 0 Å². The summed E-state index contributed by atoms with van der Waals surface area (Å²) in [4.78, 5) is 8.00. The molecule has 0 radical (unpaired) electrons. The van der Waals surface area contributed by atoms with Crippen molar-refractivity contribution in [1.29, 1.82) is 0 Å². The molecule has 3 aromatic rings. The predicted octanol–water partition coefficient (Wildman–Crippen LogP) is 7.26. The van der Waals surface area contributed by atoms with E-state index in [9.17, 15) is 13.2 Å². The highest BCUT2D eigenvalue weighted by Crippen LogP contribution is 2.35. The van der Waals surface area contributed by atoms with E-state index < -0.39 is 11.7 Å². The van der Waals surface area contributed by atoms with Crippen LogP contribution in [0, 0.1) is 0 Å². The fraction of sp³-hybridized carbons (Fsp3) is 0.360. The summed E-state index contributed by atoms with van der Waals surface area (Å²) in [6.07, 6.45) is 3.00. The highest BCUT2D eigenvalue weighted by atomic mass is 19.4. The molecule has 4 rings (SSSR count). The Bertz CT molecular complexity index is 1060. The summed E-state index contributed by atoms with van der Waals surface area (Å²) < 4.78 is 46.6. The lowest BCUT2D eigenvalue weighted by Gasteiger charge is -2.23. The number of aryl methyl sites for hydroxylation is 1. The van der Waals surface area contributed by atoms with Gasteiger partial charge in [-0.3, -0.25) is 0 Å². The van der Waals surface area contributed by atoms with Crippen molar-refractivity contribution in [2.75, 3.05) is 10.6 Å². The van der Waals surface area contributed by atoms with Gasteiger partial charge in [-0.2, -0.15) is 18.2 Å². The topological polar surface area (TPSA) is 59.1 Å². The van der Waals surface area contributed by atoms with Crippen LogP contribution in [-0.2, 0) is 12.6 Å². The standard InChI is InChI=1S/C25H27F3N4O/c1-2-17-7-6-8-19(15-17)30-23-22(25(26,27)28)16-29-24(32-23)31-18-11-13-21(14-12-18)33-20-9-4-3-5-10-20/h6-8,11-16,20H,2-5,9-10H2,1H3,(H2,29,30,31,32). The summed E-state index contributed by atoms with van der Waals surface area (Å²) in [7, 11) is 0. The second-order valence-electron chi connectivity index (χ2n) is 8.16. The minimum Gasteiger partial charge on any atom is -0.490 e. The number of halogens is 3. The first-order valence-electron chi connectivity index (χ1n) is 11.2. The highest BCUT2D eigenvalue weighted by molar-refractivity contribution is 5.63. The van der Waals surface area contributed by atoms with E-state index >= 15 is 0 Å². The minimum absolute atomic E-state index is 0.0677. The summed E-state index contributed by atoms with van der Waals surface area (Å²) in [5.41, 5.74) is 1.28. The molecule has 1 aliphatic carbocycles. The number of hydrogen-bond donors (Lipinski definition) is 2. The molecule has 1 fully saturated rings. The zero-order valence-corrected chi connectivity index (χ0v) is 18.5.